The van der Waals surface area contributed by atoms with Crippen molar-refractivity contribution >= 4 is 21.8 Å². The van der Waals surface area contributed by atoms with Gasteiger partial charge in [0.15, 0.2) is 5.90 Å². The molecule has 2 rings (SSSR count). The molecule has 1 heterocycles. The first-order chi connectivity index (χ1) is 7.79. The summed E-state index contributed by atoms with van der Waals surface area (Å²) in [6, 6.07) is 8.38. The topological polar surface area (TPSA) is 47.6 Å². The highest BCUT2D eigenvalue weighted by molar-refractivity contribution is 9.10. The molecule has 1 unspecified atom stereocenters. The predicted molar refractivity (Wildman–Crippen MR) is 68.7 cm³/mol. The molecule has 0 fully saturated rings. The van der Waals surface area contributed by atoms with Crippen LogP contribution in [0.1, 0.15) is 12.0 Å². The van der Waals surface area contributed by atoms with Gasteiger partial charge in [-0.3, -0.25) is 0 Å². The van der Waals surface area contributed by atoms with Crippen LogP contribution in [0, 0.1) is 0 Å². The van der Waals surface area contributed by atoms with E-state index >= 15 is 0 Å². The van der Waals surface area contributed by atoms with Crippen LogP contribution in [0.2, 0.25) is 0 Å². The number of rotatable bonds is 4. The van der Waals surface area contributed by atoms with Gasteiger partial charge in [-0.15, -0.1) is 0 Å². The molecule has 3 nitrogen and oxygen atoms in total. The second-order valence-corrected chi connectivity index (χ2v) is 4.69. The molecule has 4 heteroatoms. The second kappa shape index (κ2) is 5.46. The maximum absolute atomic E-state index is 5.55. The average Bonchev–Trinajstić information content (AvgIpc) is 2.70. The molecule has 1 aromatic rings. The van der Waals surface area contributed by atoms with E-state index in [1.807, 2.05) is 18.2 Å². The summed E-state index contributed by atoms with van der Waals surface area (Å²) in [4.78, 5) is 4.51. The summed E-state index contributed by atoms with van der Waals surface area (Å²) in [5, 5.41) is 0. The zero-order valence-electron chi connectivity index (χ0n) is 9.03. The Morgan fingerprint density at radius 2 is 2.25 bits per heavy atom. The number of benzene rings is 1. The van der Waals surface area contributed by atoms with Gasteiger partial charge in [0.25, 0.3) is 0 Å². The van der Waals surface area contributed by atoms with Crippen molar-refractivity contribution in [3.8, 4) is 0 Å². The van der Waals surface area contributed by atoms with Crippen molar-refractivity contribution in [3.63, 3.8) is 0 Å². The normalized spacial score (nSPS) is 19.4. The highest BCUT2D eigenvalue weighted by atomic mass is 79.9. The Morgan fingerprint density at radius 1 is 1.44 bits per heavy atom. The van der Waals surface area contributed by atoms with Crippen LogP contribution in [-0.4, -0.2) is 25.1 Å². The zero-order valence-corrected chi connectivity index (χ0v) is 10.6. The van der Waals surface area contributed by atoms with Crippen LogP contribution in [0.5, 0.6) is 0 Å². The van der Waals surface area contributed by atoms with E-state index in [1.165, 1.54) is 5.56 Å². The lowest BCUT2D eigenvalue weighted by atomic mass is 10.1. The summed E-state index contributed by atoms with van der Waals surface area (Å²) in [6.07, 6.45) is 1.65. The van der Waals surface area contributed by atoms with Crippen LogP contribution in [0.4, 0.5) is 0 Å². The summed E-state index contributed by atoms with van der Waals surface area (Å²) >= 11 is 3.52. The van der Waals surface area contributed by atoms with Crippen molar-refractivity contribution in [1.82, 2.24) is 0 Å². The Balaban J connectivity index is 2.01. The first-order valence-corrected chi connectivity index (χ1v) is 6.22. The fourth-order valence-electron chi connectivity index (χ4n) is 1.71. The van der Waals surface area contributed by atoms with Crippen molar-refractivity contribution in [2.24, 2.45) is 10.7 Å². The smallest absolute Gasteiger partial charge is 0.188 e. The number of halogens is 1. The first kappa shape index (κ1) is 11.6. The highest BCUT2D eigenvalue weighted by Gasteiger charge is 2.18. The van der Waals surface area contributed by atoms with E-state index in [0.717, 1.165) is 23.2 Å². The van der Waals surface area contributed by atoms with Crippen LogP contribution in [0.3, 0.4) is 0 Å². The van der Waals surface area contributed by atoms with Gasteiger partial charge in [0.1, 0.15) is 6.61 Å². The van der Waals surface area contributed by atoms with Crippen LogP contribution in [-0.2, 0) is 11.2 Å². The van der Waals surface area contributed by atoms with E-state index in [1.54, 1.807) is 0 Å². The summed E-state index contributed by atoms with van der Waals surface area (Å²) in [5.41, 5.74) is 6.70. The molecule has 0 bridgehead atoms. The lowest BCUT2D eigenvalue weighted by Crippen LogP contribution is -2.12. The Morgan fingerprint density at radius 3 is 3.00 bits per heavy atom. The fraction of sp³-hybridized carbons (Fsp3) is 0.417. The average molecular weight is 283 g/mol. The van der Waals surface area contributed by atoms with Crippen molar-refractivity contribution < 1.29 is 4.74 Å². The van der Waals surface area contributed by atoms with E-state index in [9.17, 15) is 0 Å². The number of aliphatic imine (C=N–C) groups is 1. The summed E-state index contributed by atoms with van der Waals surface area (Å²) in [5.74, 6) is 0.824. The monoisotopic (exact) mass is 282 g/mol. The van der Waals surface area contributed by atoms with Crippen molar-refractivity contribution in [2.45, 2.75) is 18.9 Å². The van der Waals surface area contributed by atoms with Crippen LogP contribution < -0.4 is 5.73 Å². The van der Waals surface area contributed by atoms with Gasteiger partial charge in [-0.25, -0.2) is 4.99 Å². The number of nitrogens with zero attached hydrogens (tertiary/aromatic N) is 1. The van der Waals surface area contributed by atoms with Gasteiger partial charge >= 0.3 is 0 Å². The molecule has 0 radical (unpaired) electrons. The molecule has 2 N–H and O–H groups in total. The molecular formula is C12H15BrN2O. The standard InChI is InChI=1S/C12H15BrN2O/c13-11-4-2-1-3-9(11)7-12-15-10(5-6-14)8-16-12/h1-4,10H,5-8,14H2. The van der Waals surface area contributed by atoms with Crippen LogP contribution >= 0.6 is 15.9 Å². The van der Waals surface area contributed by atoms with Gasteiger partial charge in [0, 0.05) is 10.9 Å². The van der Waals surface area contributed by atoms with Gasteiger partial charge in [-0.1, -0.05) is 34.1 Å². The minimum absolute atomic E-state index is 0.252. The van der Waals surface area contributed by atoms with E-state index in [0.29, 0.717) is 13.2 Å². The van der Waals surface area contributed by atoms with E-state index in [4.69, 9.17) is 10.5 Å². The fourth-order valence-corrected chi connectivity index (χ4v) is 2.14. The molecular weight excluding hydrogens is 268 g/mol. The number of ether oxygens (including phenoxy) is 1. The van der Waals surface area contributed by atoms with E-state index in [-0.39, 0.29) is 6.04 Å². The third-order valence-electron chi connectivity index (χ3n) is 2.57. The summed E-state index contributed by atoms with van der Waals surface area (Å²) < 4.78 is 6.65. The molecule has 1 atom stereocenters. The molecule has 0 aromatic heterocycles. The molecule has 1 aliphatic rings. The molecule has 1 aromatic carbocycles. The van der Waals surface area contributed by atoms with Gasteiger partial charge in [-0.05, 0) is 24.6 Å². The molecule has 16 heavy (non-hydrogen) atoms. The Kier molecular flexibility index (Phi) is 3.96. The minimum atomic E-state index is 0.252. The first-order valence-electron chi connectivity index (χ1n) is 5.42. The molecule has 0 aliphatic carbocycles. The molecule has 1 aliphatic heterocycles. The molecule has 0 saturated heterocycles. The quantitative estimate of drug-likeness (QED) is 0.920. The third kappa shape index (κ3) is 2.83. The largest absolute Gasteiger partial charge is 0.478 e. The molecule has 0 saturated carbocycles. The van der Waals surface area contributed by atoms with Gasteiger partial charge in [0.2, 0.25) is 0 Å². The Bertz CT molecular complexity index is 392. The Labute approximate surface area is 104 Å². The maximum atomic E-state index is 5.55. The molecule has 86 valence electrons. The lowest BCUT2D eigenvalue weighted by molar-refractivity contribution is 0.307. The minimum Gasteiger partial charge on any atom is -0.478 e. The van der Waals surface area contributed by atoms with Gasteiger partial charge in [0.05, 0.1) is 6.04 Å². The summed E-state index contributed by atoms with van der Waals surface area (Å²) in [6.45, 7) is 1.34. The lowest BCUT2D eigenvalue weighted by Gasteiger charge is -2.03. The SMILES string of the molecule is NCCC1COC(Cc2ccccc2Br)=N1. The molecule has 0 amide bonds. The highest BCUT2D eigenvalue weighted by Crippen LogP contribution is 2.19. The summed E-state index contributed by atoms with van der Waals surface area (Å²) in [7, 11) is 0. The zero-order chi connectivity index (χ0) is 11.4. The van der Waals surface area contributed by atoms with E-state index < -0.39 is 0 Å². The maximum Gasteiger partial charge on any atom is 0.188 e. The number of hydrogen-bond acceptors (Lipinski definition) is 3. The predicted octanol–water partition coefficient (Wildman–Crippen LogP) is 2.14. The molecule has 0 spiro atoms. The number of nitrogens with two attached hydrogens (primary N) is 1. The van der Waals surface area contributed by atoms with Crippen LogP contribution in [0.15, 0.2) is 33.7 Å². The Hall–Kier alpha value is -0.870. The second-order valence-electron chi connectivity index (χ2n) is 3.83. The van der Waals surface area contributed by atoms with Crippen molar-refractivity contribution in [1.29, 1.82) is 0 Å². The van der Waals surface area contributed by atoms with Crippen LogP contribution in [0.25, 0.3) is 0 Å². The van der Waals surface area contributed by atoms with Gasteiger partial charge in [-0.2, -0.15) is 0 Å². The number of hydrogen-bond donors (Lipinski definition) is 1. The van der Waals surface area contributed by atoms with Crippen molar-refractivity contribution in [2.75, 3.05) is 13.2 Å². The van der Waals surface area contributed by atoms with Crippen molar-refractivity contribution in [3.05, 3.63) is 34.3 Å². The van der Waals surface area contributed by atoms with E-state index in [2.05, 4.69) is 27.0 Å². The van der Waals surface area contributed by atoms with Gasteiger partial charge < -0.3 is 10.5 Å². The third-order valence-corrected chi connectivity index (χ3v) is 3.34.